The maximum atomic E-state index is 13.1. The van der Waals surface area contributed by atoms with E-state index in [-0.39, 0.29) is 41.6 Å². The third kappa shape index (κ3) is 6.81. The number of carbonyl (C=O) groups is 1. The number of allylic oxidation sites excluding steroid dienone is 2. The second-order valence-corrected chi connectivity index (χ2v) is 13.2. The van der Waals surface area contributed by atoms with Gasteiger partial charge in [0.05, 0.1) is 24.0 Å². The number of carbonyl (C=O) groups excluding carboxylic acids is 1. The van der Waals surface area contributed by atoms with Crippen LogP contribution >= 0.6 is 11.6 Å². The Balaban J connectivity index is 1.54. The summed E-state index contributed by atoms with van der Waals surface area (Å²) in [5.74, 6) is 5.74. The van der Waals surface area contributed by atoms with Crippen molar-refractivity contribution in [1.82, 2.24) is 4.72 Å². The minimum Gasteiger partial charge on any atom is -0.469 e. The first-order valence-electron chi connectivity index (χ1n) is 13.5. The Morgan fingerprint density at radius 3 is 2.66 bits per heavy atom. The largest absolute Gasteiger partial charge is 0.469 e. The second kappa shape index (κ2) is 12.5. The van der Waals surface area contributed by atoms with Gasteiger partial charge in [-0.3, -0.25) is 4.79 Å². The molecule has 38 heavy (non-hydrogen) atoms. The molecule has 0 saturated heterocycles. The molecule has 3 saturated carbocycles. The maximum absolute atomic E-state index is 13.1. The van der Waals surface area contributed by atoms with E-state index in [0.29, 0.717) is 30.7 Å². The molecule has 0 radical (unpaired) electrons. The molecule has 9 heteroatoms. The first kappa shape index (κ1) is 29.1. The summed E-state index contributed by atoms with van der Waals surface area (Å²) in [5.41, 5.74) is 0.627. The van der Waals surface area contributed by atoms with E-state index in [1.807, 2.05) is 6.08 Å². The summed E-state index contributed by atoms with van der Waals surface area (Å²) in [4.78, 5) is 11.7. The minimum absolute atomic E-state index is 0.0687. The molecule has 5 atom stereocenters. The van der Waals surface area contributed by atoms with Crippen LogP contribution in [-0.4, -0.2) is 50.5 Å². The number of sulfonamides is 1. The monoisotopic (exact) mass is 563 g/mol. The second-order valence-electron chi connectivity index (χ2n) is 11.0. The Morgan fingerprint density at radius 2 is 1.97 bits per heavy atom. The fourth-order valence-electron chi connectivity index (χ4n) is 6.50. The predicted molar refractivity (Wildman–Crippen MR) is 146 cm³/mol. The van der Waals surface area contributed by atoms with Crippen molar-refractivity contribution in [1.29, 1.82) is 0 Å². The van der Waals surface area contributed by atoms with Crippen LogP contribution in [0.5, 0.6) is 0 Å². The summed E-state index contributed by atoms with van der Waals surface area (Å²) in [6.07, 6.45) is 8.48. The number of ether oxygens (including phenoxy) is 1. The van der Waals surface area contributed by atoms with Crippen molar-refractivity contribution < 1.29 is 28.2 Å². The number of rotatable bonds is 8. The molecule has 1 aromatic carbocycles. The van der Waals surface area contributed by atoms with Gasteiger partial charge in [0, 0.05) is 18.0 Å². The van der Waals surface area contributed by atoms with E-state index in [1.165, 1.54) is 37.8 Å². The van der Waals surface area contributed by atoms with Crippen LogP contribution in [0.3, 0.4) is 0 Å². The number of benzene rings is 1. The molecule has 3 N–H and O–H groups in total. The normalized spacial score (nSPS) is 29.5. The van der Waals surface area contributed by atoms with Gasteiger partial charge in [-0.2, -0.15) is 0 Å². The lowest BCUT2D eigenvalue weighted by molar-refractivity contribution is -0.140. The van der Waals surface area contributed by atoms with E-state index < -0.39 is 27.6 Å². The highest BCUT2D eigenvalue weighted by Gasteiger charge is 2.56. The van der Waals surface area contributed by atoms with Crippen molar-refractivity contribution in [3.63, 3.8) is 0 Å². The van der Waals surface area contributed by atoms with Crippen LogP contribution in [0.4, 0.5) is 0 Å². The van der Waals surface area contributed by atoms with E-state index in [0.717, 1.165) is 31.3 Å². The van der Waals surface area contributed by atoms with Gasteiger partial charge >= 0.3 is 5.97 Å². The number of methoxy groups -OCH3 is 1. The molecule has 7 nitrogen and oxygen atoms in total. The van der Waals surface area contributed by atoms with Crippen LogP contribution in [0.1, 0.15) is 64.2 Å². The molecule has 0 aliphatic heterocycles. The van der Waals surface area contributed by atoms with Crippen molar-refractivity contribution in [3.05, 3.63) is 40.9 Å². The Labute approximate surface area is 231 Å². The van der Waals surface area contributed by atoms with E-state index in [9.17, 15) is 23.4 Å². The lowest BCUT2D eigenvalue weighted by atomic mass is 9.78. The summed E-state index contributed by atoms with van der Waals surface area (Å²) in [6, 6.07) is 6.02. The van der Waals surface area contributed by atoms with Gasteiger partial charge in [0.15, 0.2) is 0 Å². The van der Waals surface area contributed by atoms with Crippen molar-refractivity contribution in [2.75, 3.05) is 13.7 Å². The number of esters is 1. The Kier molecular flexibility index (Phi) is 9.59. The number of nitrogens with one attached hydrogen (secondary N) is 1. The molecule has 208 valence electrons. The molecule has 0 heterocycles. The maximum Gasteiger partial charge on any atom is 0.305 e. The zero-order chi connectivity index (χ0) is 27.3. The van der Waals surface area contributed by atoms with Crippen molar-refractivity contribution in [3.8, 4) is 11.8 Å². The fraction of sp³-hybridized carbons (Fsp3) is 0.621. The zero-order valence-corrected chi connectivity index (χ0v) is 23.4. The fourth-order valence-corrected chi connectivity index (χ4v) is 7.76. The predicted octanol–water partition coefficient (Wildman–Crippen LogP) is 4.22. The van der Waals surface area contributed by atoms with E-state index in [4.69, 9.17) is 16.3 Å². The molecule has 0 bridgehead atoms. The Bertz CT molecular complexity index is 1180. The zero-order valence-electron chi connectivity index (χ0n) is 21.9. The van der Waals surface area contributed by atoms with Crippen LogP contribution < -0.4 is 4.72 Å². The summed E-state index contributed by atoms with van der Waals surface area (Å²) >= 11 is 5.93. The molecule has 0 spiro atoms. The van der Waals surface area contributed by atoms with Crippen molar-refractivity contribution in [2.24, 2.45) is 23.2 Å². The van der Waals surface area contributed by atoms with Crippen LogP contribution in [0, 0.1) is 35.0 Å². The highest BCUT2D eigenvalue weighted by molar-refractivity contribution is 7.89. The first-order valence-corrected chi connectivity index (χ1v) is 15.4. The third-order valence-corrected chi connectivity index (χ3v) is 10.2. The average molecular weight is 564 g/mol. The topological polar surface area (TPSA) is 113 Å². The summed E-state index contributed by atoms with van der Waals surface area (Å²) in [5, 5.41) is 22.2. The highest BCUT2D eigenvalue weighted by Crippen LogP contribution is 2.58. The first-order chi connectivity index (χ1) is 18.1. The number of aliphatic hydroxyl groups is 2. The van der Waals surface area contributed by atoms with Gasteiger partial charge in [0.1, 0.15) is 6.10 Å². The Morgan fingerprint density at radius 1 is 1.26 bits per heavy atom. The van der Waals surface area contributed by atoms with Gasteiger partial charge in [-0.1, -0.05) is 54.4 Å². The van der Waals surface area contributed by atoms with Gasteiger partial charge in [-0.15, -0.1) is 0 Å². The molecule has 4 rings (SSSR count). The molecule has 3 aliphatic carbocycles. The molecule has 0 unspecified atom stereocenters. The molecule has 1 aromatic rings. The van der Waals surface area contributed by atoms with E-state index in [2.05, 4.69) is 16.6 Å². The molecule has 0 aromatic heterocycles. The molecular formula is C29H38ClNO6S. The molecule has 3 fully saturated rings. The SMILES string of the molecule is COC(=O)CC/C=C1/C[C@@H]2[C@@H](C#C[C@H](O)C3CCCCC3)[C@H](O)C[C@]2(CNS(=O)(=O)c2ccc(Cl)cc2)C1. The number of aliphatic hydroxyl groups excluding tert-OH is 2. The highest BCUT2D eigenvalue weighted by atomic mass is 35.5. The lowest BCUT2D eigenvalue weighted by Crippen LogP contribution is -2.38. The van der Waals surface area contributed by atoms with Gasteiger partial charge < -0.3 is 14.9 Å². The van der Waals surface area contributed by atoms with Crippen LogP contribution in [0.2, 0.25) is 5.02 Å². The minimum atomic E-state index is -3.78. The number of hydrogen-bond donors (Lipinski definition) is 3. The summed E-state index contributed by atoms with van der Waals surface area (Å²) < 4.78 is 33.6. The standard InChI is InChI=1S/C29H38ClNO6S/c1-37-28(34)9-5-6-20-16-25-24(14-15-26(32)21-7-3-2-4-8-21)27(33)18-29(25,17-20)19-31-38(35,36)23-12-10-22(30)11-13-23/h6,10-13,21,24-27,31-33H,2-5,7-9,16-19H2,1H3/b20-6-/t24-,25-,26+,27-,29+/m1/s1. The van der Waals surface area contributed by atoms with Crippen LogP contribution in [0.25, 0.3) is 0 Å². The van der Waals surface area contributed by atoms with E-state index in [1.54, 1.807) is 0 Å². The van der Waals surface area contributed by atoms with Crippen molar-refractivity contribution >= 4 is 27.6 Å². The average Bonchev–Trinajstić information content (AvgIpc) is 3.38. The van der Waals surface area contributed by atoms with Gasteiger partial charge in [0.25, 0.3) is 0 Å². The quantitative estimate of drug-likeness (QED) is 0.248. The number of fused-ring (bicyclic) bond motifs is 1. The van der Waals surface area contributed by atoms with Crippen molar-refractivity contribution in [2.45, 2.75) is 81.3 Å². The Hall–Kier alpha value is -1.89. The summed E-state index contributed by atoms with van der Waals surface area (Å²) in [6.45, 7) is 0.164. The van der Waals surface area contributed by atoms with Crippen LogP contribution in [-0.2, 0) is 19.6 Å². The van der Waals surface area contributed by atoms with E-state index >= 15 is 0 Å². The summed E-state index contributed by atoms with van der Waals surface area (Å²) in [7, 11) is -2.41. The number of hydrogen-bond acceptors (Lipinski definition) is 6. The third-order valence-electron chi connectivity index (χ3n) is 8.55. The van der Waals surface area contributed by atoms with Gasteiger partial charge in [-0.05, 0) is 80.0 Å². The molecular weight excluding hydrogens is 526 g/mol. The van der Waals surface area contributed by atoms with Gasteiger partial charge in [-0.25, -0.2) is 13.1 Å². The molecule has 0 amide bonds. The smallest absolute Gasteiger partial charge is 0.305 e. The molecule has 3 aliphatic rings. The lowest BCUT2D eigenvalue weighted by Gasteiger charge is -2.30. The van der Waals surface area contributed by atoms with Crippen LogP contribution in [0.15, 0.2) is 40.8 Å². The van der Waals surface area contributed by atoms with Gasteiger partial charge in [0.2, 0.25) is 10.0 Å². The number of halogens is 1.